The number of benzene rings is 1. The van der Waals surface area contributed by atoms with Crippen LogP contribution in [0.15, 0.2) is 34.9 Å². The van der Waals surface area contributed by atoms with E-state index in [-0.39, 0.29) is 17.5 Å². The van der Waals surface area contributed by atoms with Gasteiger partial charge in [-0.15, -0.1) is 13.2 Å². The highest BCUT2D eigenvalue weighted by molar-refractivity contribution is 5.84. The maximum atomic E-state index is 11.9. The van der Waals surface area contributed by atoms with E-state index in [0.29, 0.717) is 0 Å². The quantitative estimate of drug-likeness (QED) is 0.931. The second-order valence-electron chi connectivity index (χ2n) is 3.43. The maximum absolute atomic E-state index is 11.9. The fraction of sp³-hybridized carbons (Fsp3) is 0.0909. The van der Waals surface area contributed by atoms with Gasteiger partial charge in [-0.25, -0.2) is 4.79 Å². The van der Waals surface area contributed by atoms with Gasteiger partial charge < -0.3 is 19.0 Å². The number of carboxylic acids is 1. The minimum Gasteiger partial charge on any atom is -0.476 e. The highest BCUT2D eigenvalue weighted by atomic mass is 19.4. The van der Waals surface area contributed by atoms with Gasteiger partial charge in [0, 0.05) is 0 Å². The molecule has 2 aromatic rings. The van der Waals surface area contributed by atoms with Crippen LogP contribution in [0.2, 0.25) is 0 Å². The Kier molecular flexibility index (Phi) is 3.51. The van der Waals surface area contributed by atoms with Crippen molar-refractivity contribution in [3.05, 3.63) is 36.2 Å². The minimum absolute atomic E-state index is 0.110. The monoisotopic (exact) mass is 289 g/mol. The third-order valence-electron chi connectivity index (χ3n) is 1.96. The lowest BCUT2D eigenvalue weighted by Crippen LogP contribution is -2.16. The number of hydrogen-bond donors (Lipinski definition) is 1. The Bertz CT molecular complexity index is 605. The van der Waals surface area contributed by atoms with Crippen LogP contribution in [-0.4, -0.2) is 22.4 Å². The third kappa shape index (κ3) is 3.64. The molecule has 1 N–H and O–H groups in total. The average molecular weight is 289 g/mol. The van der Waals surface area contributed by atoms with E-state index < -0.39 is 18.1 Å². The summed E-state index contributed by atoms with van der Waals surface area (Å²) in [5, 5.41) is 8.61. The van der Waals surface area contributed by atoms with E-state index in [1.807, 2.05) is 0 Å². The van der Waals surface area contributed by atoms with Crippen LogP contribution < -0.4 is 9.47 Å². The number of oxazole rings is 1. The van der Waals surface area contributed by atoms with E-state index in [4.69, 9.17) is 14.3 Å². The van der Waals surface area contributed by atoms with Gasteiger partial charge >= 0.3 is 18.4 Å². The Hall–Kier alpha value is -2.71. The maximum Gasteiger partial charge on any atom is 0.573 e. The summed E-state index contributed by atoms with van der Waals surface area (Å²) in [6, 6.07) is 4.44. The number of hydrogen-bond acceptors (Lipinski definition) is 5. The molecule has 0 saturated carbocycles. The van der Waals surface area contributed by atoms with Crippen molar-refractivity contribution >= 4 is 5.97 Å². The molecule has 20 heavy (non-hydrogen) atoms. The molecule has 0 atom stereocenters. The number of rotatable bonds is 4. The Morgan fingerprint density at radius 2 is 1.80 bits per heavy atom. The van der Waals surface area contributed by atoms with E-state index in [1.54, 1.807) is 0 Å². The van der Waals surface area contributed by atoms with Crippen LogP contribution >= 0.6 is 0 Å². The molecule has 0 spiro atoms. The summed E-state index contributed by atoms with van der Waals surface area (Å²) in [5.74, 6) is -1.60. The van der Waals surface area contributed by atoms with Gasteiger partial charge in [-0.05, 0) is 24.3 Å². The van der Waals surface area contributed by atoms with Gasteiger partial charge in [-0.2, -0.15) is 4.98 Å². The topological polar surface area (TPSA) is 81.8 Å². The molecule has 2 rings (SSSR count). The van der Waals surface area contributed by atoms with Gasteiger partial charge in [0.1, 0.15) is 17.8 Å². The molecule has 0 fully saturated rings. The normalized spacial score (nSPS) is 11.2. The first-order chi connectivity index (χ1) is 9.33. The molecule has 9 heteroatoms. The molecule has 0 aliphatic rings. The number of halogens is 3. The number of carbonyl (C=O) groups is 1. The van der Waals surface area contributed by atoms with Gasteiger partial charge in [0.2, 0.25) is 0 Å². The van der Waals surface area contributed by atoms with Gasteiger partial charge in [0.15, 0.2) is 5.69 Å². The van der Waals surface area contributed by atoms with E-state index >= 15 is 0 Å². The molecule has 106 valence electrons. The summed E-state index contributed by atoms with van der Waals surface area (Å²) in [4.78, 5) is 14.0. The fourth-order valence-electron chi connectivity index (χ4n) is 1.21. The minimum atomic E-state index is -4.78. The molecular weight excluding hydrogens is 283 g/mol. The van der Waals surface area contributed by atoms with Crippen LogP contribution in [0.25, 0.3) is 0 Å². The lowest BCUT2D eigenvalue weighted by Gasteiger charge is -2.08. The Morgan fingerprint density at radius 1 is 1.20 bits per heavy atom. The average Bonchev–Trinajstić information content (AvgIpc) is 2.78. The molecule has 0 bridgehead atoms. The fourth-order valence-corrected chi connectivity index (χ4v) is 1.21. The zero-order valence-electron chi connectivity index (χ0n) is 9.55. The van der Waals surface area contributed by atoms with Crippen LogP contribution in [0, 0.1) is 0 Å². The van der Waals surface area contributed by atoms with Crippen molar-refractivity contribution in [1.82, 2.24) is 4.98 Å². The van der Waals surface area contributed by atoms with E-state index in [1.165, 1.54) is 12.1 Å². The van der Waals surface area contributed by atoms with E-state index in [0.717, 1.165) is 18.4 Å². The number of nitrogens with zero attached hydrogens (tertiary/aromatic N) is 1. The number of aromatic nitrogens is 1. The van der Waals surface area contributed by atoms with Crippen LogP contribution in [0.5, 0.6) is 17.6 Å². The van der Waals surface area contributed by atoms with Gasteiger partial charge in [0.25, 0.3) is 0 Å². The molecule has 1 aromatic carbocycles. The number of ether oxygens (including phenoxy) is 2. The molecular formula is C11H6F3NO5. The lowest BCUT2D eigenvalue weighted by molar-refractivity contribution is -0.274. The lowest BCUT2D eigenvalue weighted by atomic mass is 10.3. The summed E-state index contributed by atoms with van der Waals surface area (Å²) >= 11 is 0. The van der Waals surface area contributed by atoms with Crippen LogP contribution in [0.3, 0.4) is 0 Å². The molecule has 0 aliphatic heterocycles. The number of alkyl halides is 3. The van der Waals surface area contributed by atoms with E-state index in [9.17, 15) is 18.0 Å². The van der Waals surface area contributed by atoms with E-state index in [2.05, 4.69) is 9.72 Å². The third-order valence-corrected chi connectivity index (χ3v) is 1.96. The standard InChI is InChI=1S/C11H6F3NO5/c12-11(13,14)20-7-3-1-6(2-4-7)19-10-15-8(5-18-10)9(16)17/h1-5H,(H,16,17). The Labute approximate surface area is 109 Å². The second kappa shape index (κ2) is 5.11. The predicted octanol–water partition coefficient (Wildman–Crippen LogP) is 3.06. The SMILES string of the molecule is O=C(O)c1coc(Oc2ccc(OC(F)(F)F)cc2)n1. The summed E-state index contributed by atoms with van der Waals surface area (Å²) < 4.78 is 49.2. The van der Waals surface area contributed by atoms with Gasteiger partial charge in [-0.1, -0.05) is 0 Å². The highest BCUT2D eigenvalue weighted by Gasteiger charge is 2.31. The van der Waals surface area contributed by atoms with Crippen LogP contribution in [0.1, 0.15) is 10.5 Å². The van der Waals surface area contributed by atoms with Crippen molar-refractivity contribution in [2.45, 2.75) is 6.36 Å². The van der Waals surface area contributed by atoms with Gasteiger partial charge in [0.05, 0.1) is 0 Å². The zero-order valence-corrected chi connectivity index (χ0v) is 9.55. The van der Waals surface area contributed by atoms with Crippen LogP contribution in [-0.2, 0) is 0 Å². The molecule has 0 unspecified atom stereocenters. The van der Waals surface area contributed by atoms with Crippen molar-refractivity contribution < 1.29 is 37.0 Å². The van der Waals surface area contributed by atoms with Crippen molar-refractivity contribution in [1.29, 1.82) is 0 Å². The molecule has 0 amide bonds. The largest absolute Gasteiger partial charge is 0.573 e. The molecule has 0 radical (unpaired) electrons. The first-order valence-corrected chi connectivity index (χ1v) is 5.06. The summed E-state index contributed by atoms with van der Waals surface area (Å²) in [7, 11) is 0. The molecule has 0 saturated heterocycles. The van der Waals surface area contributed by atoms with Gasteiger partial charge in [-0.3, -0.25) is 0 Å². The Balaban J connectivity index is 2.04. The van der Waals surface area contributed by atoms with Crippen molar-refractivity contribution in [3.8, 4) is 17.6 Å². The molecule has 6 nitrogen and oxygen atoms in total. The Morgan fingerprint density at radius 3 is 2.30 bits per heavy atom. The highest BCUT2D eigenvalue weighted by Crippen LogP contribution is 2.26. The predicted molar refractivity (Wildman–Crippen MR) is 56.7 cm³/mol. The summed E-state index contributed by atoms with van der Waals surface area (Å²) in [6.07, 6.45) is -4.24. The summed E-state index contributed by atoms with van der Waals surface area (Å²) in [5.41, 5.74) is -0.350. The van der Waals surface area contributed by atoms with Crippen LogP contribution in [0.4, 0.5) is 13.2 Å². The van der Waals surface area contributed by atoms with Crippen molar-refractivity contribution in [2.24, 2.45) is 0 Å². The smallest absolute Gasteiger partial charge is 0.476 e. The molecule has 0 aliphatic carbocycles. The first kappa shape index (κ1) is 13.7. The first-order valence-electron chi connectivity index (χ1n) is 5.06. The van der Waals surface area contributed by atoms with Crippen molar-refractivity contribution in [3.63, 3.8) is 0 Å². The number of carboxylic acid groups (broad SMARTS) is 1. The number of aromatic carboxylic acids is 1. The zero-order chi connectivity index (χ0) is 14.8. The molecule has 1 aromatic heterocycles. The van der Waals surface area contributed by atoms with Crippen molar-refractivity contribution in [2.75, 3.05) is 0 Å². The molecule has 1 heterocycles. The second-order valence-corrected chi connectivity index (χ2v) is 3.43. The summed E-state index contributed by atoms with van der Waals surface area (Å²) in [6.45, 7) is 0.